The predicted octanol–water partition coefficient (Wildman–Crippen LogP) is 5.94. The summed E-state index contributed by atoms with van der Waals surface area (Å²) in [5.41, 5.74) is 2.96. The van der Waals surface area contributed by atoms with Crippen LogP contribution in [0.3, 0.4) is 0 Å². The molecule has 1 heterocycles. The largest absolute Gasteiger partial charge is 0.381 e. The van der Waals surface area contributed by atoms with E-state index >= 15 is 0 Å². The molecule has 0 aliphatic carbocycles. The van der Waals surface area contributed by atoms with Gasteiger partial charge in [-0.05, 0) is 69.8 Å². The minimum Gasteiger partial charge on any atom is -0.381 e. The van der Waals surface area contributed by atoms with Gasteiger partial charge in [-0.1, -0.05) is 54.1 Å². The van der Waals surface area contributed by atoms with E-state index in [4.69, 9.17) is 16.3 Å². The van der Waals surface area contributed by atoms with Crippen LogP contribution in [-0.2, 0) is 16.7 Å². The highest BCUT2D eigenvalue weighted by Crippen LogP contribution is 2.41. The zero-order valence-electron chi connectivity index (χ0n) is 16.9. The molecule has 146 valence electrons. The molecular formula is C24H32ClNO. The number of aryl methyl sites for hydroxylation is 1. The summed E-state index contributed by atoms with van der Waals surface area (Å²) in [7, 11) is 0. The maximum absolute atomic E-state index is 6.09. The lowest BCUT2D eigenvalue weighted by Crippen LogP contribution is -2.42. The van der Waals surface area contributed by atoms with E-state index < -0.39 is 0 Å². The van der Waals surface area contributed by atoms with E-state index in [0.29, 0.717) is 0 Å². The average Bonchev–Trinajstić information content (AvgIpc) is 3.12. The molecule has 0 bridgehead atoms. The molecule has 1 saturated heterocycles. The Labute approximate surface area is 169 Å². The summed E-state index contributed by atoms with van der Waals surface area (Å²) in [6.07, 6.45) is 3.48. The highest BCUT2D eigenvalue weighted by Gasteiger charge is 2.43. The monoisotopic (exact) mass is 385 g/mol. The first-order valence-corrected chi connectivity index (χ1v) is 10.5. The molecule has 0 radical (unpaired) electrons. The zero-order chi connectivity index (χ0) is 19.3. The van der Waals surface area contributed by atoms with Crippen LogP contribution in [0.2, 0.25) is 5.02 Å². The smallest absolute Gasteiger partial charge is 0.0535 e. The van der Waals surface area contributed by atoms with Crippen molar-refractivity contribution in [3.05, 3.63) is 70.7 Å². The van der Waals surface area contributed by atoms with Gasteiger partial charge in [-0.25, -0.2) is 0 Å². The zero-order valence-corrected chi connectivity index (χ0v) is 17.6. The fraction of sp³-hybridized carbons (Fsp3) is 0.500. The number of likely N-dealkylation sites (tertiary alicyclic amines) is 1. The summed E-state index contributed by atoms with van der Waals surface area (Å²) in [5, 5.41) is 0.796. The molecule has 1 fully saturated rings. The van der Waals surface area contributed by atoms with E-state index in [-0.39, 0.29) is 11.0 Å². The van der Waals surface area contributed by atoms with E-state index in [0.717, 1.165) is 37.7 Å². The molecule has 1 aliphatic heterocycles. The first-order chi connectivity index (χ1) is 13.0. The van der Waals surface area contributed by atoms with Gasteiger partial charge in [0.05, 0.1) is 6.61 Å². The minimum absolute atomic E-state index is 0.00863. The molecule has 27 heavy (non-hydrogen) atoms. The van der Waals surface area contributed by atoms with Crippen molar-refractivity contribution >= 4 is 11.6 Å². The quantitative estimate of drug-likeness (QED) is 0.557. The van der Waals surface area contributed by atoms with Crippen LogP contribution in [-0.4, -0.2) is 31.2 Å². The van der Waals surface area contributed by atoms with E-state index in [1.54, 1.807) is 0 Å². The third-order valence-corrected chi connectivity index (χ3v) is 6.43. The molecule has 2 nitrogen and oxygen atoms in total. The van der Waals surface area contributed by atoms with Crippen LogP contribution in [0.4, 0.5) is 0 Å². The Kier molecular flexibility index (Phi) is 6.62. The summed E-state index contributed by atoms with van der Waals surface area (Å²) in [6, 6.07) is 19.1. The van der Waals surface area contributed by atoms with Gasteiger partial charge in [0.2, 0.25) is 0 Å². The van der Waals surface area contributed by atoms with Gasteiger partial charge in [-0.15, -0.1) is 0 Å². The highest BCUT2D eigenvalue weighted by molar-refractivity contribution is 6.30. The summed E-state index contributed by atoms with van der Waals surface area (Å²) < 4.78 is 5.95. The Bertz CT molecular complexity index is 713. The number of hydrogen-bond acceptors (Lipinski definition) is 2. The van der Waals surface area contributed by atoms with Crippen LogP contribution in [0.1, 0.15) is 44.7 Å². The Morgan fingerprint density at radius 3 is 2.44 bits per heavy atom. The summed E-state index contributed by atoms with van der Waals surface area (Å²) in [4.78, 5) is 2.63. The van der Waals surface area contributed by atoms with E-state index in [1.165, 1.54) is 24.0 Å². The first-order valence-electron chi connectivity index (χ1n) is 10.1. The molecule has 0 N–H and O–H groups in total. The van der Waals surface area contributed by atoms with Gasteiger partial charge in [0.1, 0.15) is 0 Å². The lowest BCUT2D eigenvalue weighted by Gasteiger charge is -2.38. The number of halogens is 1. The lowest BCUT2D eigenvalue weighted by molar-refractivity contribution is 0.0385. The maximum atomic E-state index is 6.09. The molecule has 0 saturated carbocycles. The van der Waals surface area contributed by atoms with Crippen molar-refractivity contribution in [2.45, 2.75) is 45.6 Å². The summed E-state index contributed by atoms with van der Waals surface area (Å²) in [5.74, 6) is 0. The Morgan fingerprint density at radius 2 is 1.78 bits per heavy atom. The molecule has 3 rings (SSSR count). The SMILES string of the molecule is CCOC[C@@]1(CCc2ccccc2)CCN(C(C)(C)c2ccc(Cl)cc2)C1. The predicted molar refractivity (Wildman–Crippen MR) is 114 cm³/mol. The fourth-order valence-electron chi connectivity index (χ4n) is 4.22. The average molecular weight is 386 g/mol. The van der Waals surface area contributed by atoms with Crippen LogP contribution >= 0.6 is 11.6 Å². The van der Waals surface area contributed by atoms with Gasteiger partial charge < -0.3 is 4.74 Å². The molecule has 3 heteroatoms. The third-order valence-electron chi connectivity index (χ3n) is 6.18. The highest BCUT2D eigenvalue weighted by atomic mass is 35.5. The number of hydrogen-bond donors (Lipinski definition) is 0. The van der Waals surface area contributed by atoms with Gasteiger partial charge in [0, 0.05) is 29.1 Å². The van der Waals surface area contributed by atoms with Gasteiger partial charge in [0.25, 0.3) is 0 Å². The van der Waals surface area contributed by atoms with E-state index in [1.807, 2.05) is 12.1 Å². The van der Waals surface area contributed by atoms with Crippen LogP contribution in [0.15, 0.2) is 54.6 Å². The molecule has 0 unspecified atom stereocenters. The van der Waals surface area contributed by atoms with Crippen molar-refractivity contribution in [3.8, 4) is 0 Å². The number of benzene rings is 2. The maximum Gasteiger partial charge on any atom is 0.0535 e. The van der Waals surface area contributed by atoms with E-state index in [9.17, 15) is 0 Å². The van der Waals surface area contributed by atoms with Gasteiger partial charge >= 0.3 is 0 Å². The van der Waals surface area contributed by atoms with Crippen LogP contribution < -0.4 is 0 Å². The molecule has 1 aliphatic rings. The van der Waals surface area contributed by atoms with Crippen molar-refractivity contribution in [2.75, 3.05) is 26.3 Å². The number of rotatable bonds is 8. The standard InChI is InChI=1S/C24H32ClNO/c1-4-27-19-24(15-14-20-8-6-5-7-9-20)16-17-26(18-24)23(2,3)21-10-12-22(25)13-11-21/h5-13H,4,14-19H2,1-3H3/t24-/m0/s1. The Balaban J connectivity index is 1.73. The molecule has 2 aromatic carbocycles. The van der Waals surface area contributed by atoms with Gasteiger partial charge in [-0.3, -0.25) is 4.90 Å². The Hall–Kier alpha value is -1.35. The fourth-order valence-corrected chi connectivity index (χ4v) is 4.35. The minimum atomic E-state index is -0.00863. The van der Waals surface area contributed by atoms with Gasteiger partial charge in [0.15, 0.2) is 0 Å². The summed E-state index contributed by atoms with van der Waals surface area (Å²) >= 11 is 6.09. The second-order valence-electron chi connectivity index (χ2n) is 8.36. The van der Waals surface area contributed by atoms with Crippen molar-refractivity contribution < 1.29 is 4.74 Å². The van der Waals surface area contributed by atoms with Crippen molar-refractivity contribution in [3.63, 3.8) is 0 Å². The van der Waals surface area contributed by atoms with Crippen LogP contribution in [0.25, 0.3) is 0 Å². The van der Waals surface area contributed by atoms with Crippen molar-refractivity contribution in [1.82, 2.24) is 4.90 Å². The Morgan fingerprint density at radius 1 is 1.07 bits per heavy atom. The van der Waals surface area contributed by atoms with Crippen LogP contribution in [0.5, 0.6) is 0 Å². The lowest BCUT2D eigenvalue weighted by atomic mass is 9.81. The molecular weight excluding hydrogens is 354 g/mol. The molecule has 0 amide bonds. The molecule has 1 atom stereocenters. The number of ether oxygens (including phenoxy) is 1. The first kappa shape index (κ1) is 20.4. The summed E-state index contributed by atoms with van der Waals surface area (Å²) in [6.45, 7) is 10.6. The third kappa shape index (κ3) is 4.93. The van der Waals surface area contributed by atoms with E-state index in [2.05, 4.69) is 68.1 Å². The molecule has 0 spiro atoms. The molecule has 0 aromatic heterocycles. The second kappa shape index (κ2) is 8.77. The topological polar surface area (TPSA) is 12.5 Å². The number of nitrogens with zero attached hydrogens (tertiary/aromatic N) is 1. The van der Waals surface area contributed by atoms with Crippen LogP contribution in [0, 0.1) is 5.41 Å². The second-order valence-corrected chi connectivity index (χ2v) is 8.80. The van der Waals surface area contributed by atoms with Gasteiger partial charge in [-0.2, -0.15) is 0 Å². The molecule has 2 aromatic rings. The van der Waals surface area contributed by atoms with Crippen molar-refractivity contribution in [1.29, 1.82) is 0 Å². The normalized spacial score (nSPS) is 20.9. The van der Waals surface area contributed by atoms with Crippen molar-refractivity contribution in [2.24, 2.45) is 5.41 Å².